The van der Waals surface area contributed by atoms with Gasteiger partial charge in [-0.2, -0.15) is 0 Å². The van der Waals surface area contributed by atoms with Crippen LogP contribution in [-0.2, 0) is 4.79 Å². The van der Waals surface area contributed by atoms with Crippen LogP contribution in [0.2, 0.25) is 0 Å². The first kappa shape index (κ1) is 19.2. The monoisotopic (exact) mass is 281 g/mol. The van der Waals surface area contributed by atoms with Crippen molar-refractivity contribution in [2.45, 2.75) is 96.8 Å². The second-order valence-corrected chi connectivity index (χ2v) is 5.80. The van der Waals surface area contributed by atoms with Gasteiger partial charge in [0, 0.05) is 6.42 Å². The molecule has 0 heterocycles. The van der Waals surface area contributed by atoms with Crippen LogP contribution in [0.15, 0.2) is 12.2 Å². The van der Waals surface area contributed by atoms with Crippen LogP contribution in [0, 0.1) is 0 Å². The van der Waals surface area contributed by atoms with Crippen molar-refractivity contribution in [2.75, 3.05) is 0 Å². The molecule has 0 aromatic carbocycles. The fourth-order valence-corrected chi connectivity index (χ4v) is 2.37. The molecule has 0 aliphatic heterocycles. The van der Waals surface area contributed by atoms with E-state index in [1.807, 2.05) is 0 Å². The van der Waals surface area contributed by atoms with E-state index in [2.05, 4.69) is 19.1 Å². The first-order chi connectivity index (χ1) is 9.77. The van der Waals surface area contributed by atoms with Crippen LogP contribution < -0.4 is 5.73 Å². The summed E-state index contributed by atoms with van der Waals surface area (Å²) in [5, 5.41) is 0. The Bertz CT molecular complexity index is 236. The number of allylic oxidation sites excluding steroid dienone is 2. The molecule has 0 spiro atoms. The molecular weight excluding hydrogens is 246 g/mol. The van der Waals surface area contributed by atoms with E-state index >= 15 is 0 Å². The summed E-state index contributed by atoms with van der Waals surface area (Å²) in [7, 11) is 0. The maximum Gasteiger partial charge on any atom is 0.217 e. The first-order valence-electron chi connectivity index (χ1n) is 8.70. The maximum atomic E-state index is 10.5. The van der Waals surface area contributed by atoms with Crippen LogP contribution in [0.1, 0.15) is 96.8 Å². The second kappa shape index (κ2) is 16.3. The normalized spacial score (nSPS) is 11.2. The van der Waals surface area contributed by atoms with Gasteiger partial charge in [-0.05, 0) is 32.1 Å². The maximum absolute atomic E-state index is 10.5. The van der Waals surface area contributed by atoms with Crippen molar-refractivity contribution in [1.29, 1.82) is 0 Å². The average molecular weight is 281 g/mol. The Morgan fingerprint density at radius 1 is 0.750 bits per heavy atom. The number of unbranched alkanes of at least 4 members (excludes halogenated alkanes) is 11. The highest BCUT2D eigenvalue weighted by atomic mass is 16.1. The summed E-state index contributed by atoms with van der Waals surface area (Å²) in [5.74, 6) is -0.161. The molecule has 2 nitrogen and oxygen atoms in total. The van der Waals surface area contributed by atoms with Gasteiger partial charge in [0.15, 0.2) is 0 Å². The van der Waals surface area contributed by atoms with Crippen molar-refractivity contribution in [3.63, 3.8) is 0 Å². The molecule has 0 saturated heterocycles. The lowest BCUT2D eigenvalue weighted by atomic mass is 10.1. The summed E-state index contributed by atoms with van der Waals surface area (Å²) in [6, 6.07) is 0. The van der Waals surface area contributed by atoms with Crippen molar-refractivity contribution in [2.24, 2.45) is 5.73 Å². The van der Waals surface area contributed by atoms with Gasteiger partial charge in [-0.3, -0.25) is 4.79 Å². The van der Waals surface area contributed by atoms with Crippen LogP contribution in [-0.4, -0.2) is 5.91 Å². The zero-order chi connectivity index (χ0) is 14.9. The standard InChI is InChI=1S/C18H35NO/c1-2-3-4-5-6-7-8-9-10-11-12-13-14-15-16-17-18(19)20/h7-8H,2-6,9-17H2,1H3,(H2,19,20)/b8-7-. The Hall–Kier alpha value is -0.790. The Kier molecular flexibility index (Phi) is 15.6. The van der Waals surface area contributed by atoms with E-state index < -0.39 is 0 Å². The first-order valence-corrected chi connectivity index (χ1v) is 8.70. The number of carbonyl (C=O) groups excluding carboxylic acids is 1. The number of hydrogen-bond donors (Lipinski definition) is 1. The largest absolute Gasteiger partial charge is 0.370 e. The van der Waals surface area contributed by atoms with Gasteiger partial charge < -0.3 is 5.73 Å². The van der Waals surface area contributed by atoms with Gasteiger partial charge >= 0.3 is 0 Å². The summed E-state index contributed by atoms with van der Waals surface area (Å²) >= 11 is 0. The SMILES string of the molecule is CCCCCC/C=C\CCCCCCCCCC(N)=O. The molecule has 2 N–H and O–H groups in total. The third kappa shape index (κ3) is 17.2. The van der Waals surface area contributed by atoms with E-state index in [1.165, 1.54) is 70.6 Å². The zero-order valence-corrected chi connectivity index (χ0v) is 13.5. The van der Waals surface area contributed by atoms with Crippen LogP contribution in [0.3, 0.4) is 0 Å². The molecule has 0 aromatic rings. The van der Waals surface area contributed by atoms with E-state index in [9.17, 15) is 4.79 Å². The predicted molar refractivity (Wildman–Crippen MR) is 88.6 cm³/mol. The molecule has 0 atom stereocenters. The topological polar surface area (TPSA) is 43.1 Å². The molecule has 0 bridgehead atoms. The van der Waals surface area contributed by atoms with Gasteiger partial charge in [-0.25, -0.2) is 0 Å². The predicted octanol–water partition coefficient (Wildman–Crippen LogP) is 5.51. The van der Waals surface area contributed by atoms with Crippen molar-refractivity contribution in [1.82, 2.24) is 0 Å². The quantitative estimate of drug-likeness (QED) is 0.312. The molecule has 0 radical (unpaired) electrons. The van der Waals surface area contributed by atoms with Gasteiger partial charge in [0.2, 0.25) is 5.91 Å². The fourth-order valence-electron chi connectivity index (χ4n) is 2.37. The summed E-state index contributed by atoms with van der Waals surface area (Å²) in [6.07, 6.45) is 21.9. The summed E-state index contributed by atoms with van der Waals surface area (Å²) in [4.78, 5) is 10.5. The number of amides is 1. The highest BCUT2D eigenvalue weighted by Crippen LogP contribution is 2.10. The van der Waals surface area contributed by atoms with Gasteiger partial charge in [-0.1, -0.05) is 70.4 Å². The van der Waals surface area contributed by atoms with Gasteiger partial charge in [0.05, 0.1) is 0 Å². The number of nitrogens with two attached hydrogens (primary N) is 1. The Morgan fingerprint density at radius 2 is 1.20 bits per heavy atom. The second-order valence-electron chi connectivity index (χ2n) is 5.80. The average Bonchev–Trinajstić information content (AvgIpc) is 2.43. The van der Waals surface area contributed by atoms with Crippen LogP contribution in [0.4, 0.5) is 0 Å². The number of rotatable bonds is 15. The fraction of sp³-hybridized carbons (Fsp3) is 0.833. The molecule has 0 aromatic heterocycles. The number of primary amides is 1. The third-order valence-corrected chi connectivity index (χ3v) is 3.68. The lowest BCUT2D eigenvalue weighted by Gasteiger charge is -2.00. The third-order valence-electron chi connectivity index (χ3n) is 3.68. The van der Waals surface area contributed by atoms with Crippen LogP contribution in [0.25, 0.3) is 0 Å². The molecule has 1 amide bonds. The summed E-state index contributed by atoms with van der Waals surface area (Å²) in [6.45, 7) is 2.26. The molecule has 20 heavy (non-hydrogen) atoms. The number of hydrogen-bond acceptors (Lipinski definition) is 1. The van der Waals surface area contributed by atoms with Gasteiger partial charge in [0.25, 0.3) is 0 Å². The van der Waals surface area contributed by atoms with Gasteiger partial charge in [0.1, 0.15) is 0 Å². The summed E-state index contributed by atoms with van der Waals surface area (Å²) in [5.41, 5.74) is 5.10. The minimum atomic E-state index is -0.161. The highest BCUT2D eigenvalue weighted by Gasteiger charge is 1.94. The van der Waals surface area contributed by atoms with E-state index in [1.54, 1.807) is 0 Å². The van der Waals surface area contributed by atoms with Crippen molar-refractivity contribution in [3.8, 4) is 0 Å². The molecular formula is C18H35NO. The number of carbonyl (C=O) groups is 1. The Morgan fingerprint density at radius 3 is 1.70 bits per heavy atom. The van der Waals surface area contributed by atoms with E-state index in [0.29, 0.717) is 6.42 Å². The molecule has 0 aliphatic carbocycles. The molecule has 0 aliphatic rings. The Labute approximate surface area is 126 Å². The molecule has 0 unspecified atom stereocenters. The van der Waals surface area contributed by atoms with Crippen LogP contribution >= 0.6 is 0 Å². The zero-order valence-electron chi connectivity index (χ0n) is 13.5. The molecule has 0 fully saturated rings. The smallest absolute Gasteiger partial charge is 0.217 e. The van der Waals surface area contributed by atoms with Gasteiger partial charge in [-0.15, -0.1) is 0 Å². The highest BCUT2D eigenvalue weighted by molar-refractivity contribution is 5.73. The molecule has 118 valence electrons. The summed E-state index contributed by atoms with van der Waals surface area (Å²) < 4.78 is 0. The van der Waals surface area contributed by atoms with Crippen molar-refractivity contribution in [3.05, 3.63) is 12.2 Å². The molecule has 2 heteroatoms. The lowest BCUT2D eigenvalue weighted by molar-refractivity contribution is -0.118. The van der Waals surface area contributed by atoms with E-state index in [4.69, 9.17) is 5.73 Å². The Balaban J connectivity index is 3.05. The van der Waals surface area contributed by atoms with E-state index in [-0.39, 0.29) is 5.91 Å². The molecule has 0 rings (SSSR count). The van der Waals surface area contributed by atoms with Crippen LogP contribution in [0.5, 0.6) is 0 Å². The lowest BCUT2D eigenvalue weighted by Crippen LogP contribution is -2.09. The van der Waals surface area contributed by atoms with Crippen molar-refractivity contribution >= 4 is 5.91 Å². The van der Waals surface area contributed by atoms with Crippen molar-refractivity contribution < 1.29 is 4.79 Å². The minimum absolute atomic E-state index is 0.161. The molecule has 0 saturated carbocycles. The van der Waals surface area contributed by atoms with E-state index in [0.717, 1.165) is 12.8 Å². The minimum Gasteiger partial charge on any atom is -0.370 e.